The zero-order valence-corrected chi connectivity index (χ0v) is 29.7. The Morgan fingerprint density at radius 3 is 2.19 bits per heavy atom. The number of carbonyl (C=O) groups excluding carboxylic acids is 4. The normalized spacial score (nSPS) is 13.5. The van der Waals surface area contributed by atoms with E-state index in [0.29, 0.717) is 30.3 Å². The fraction of sp³-hybridized carbons (Fsp3) is 0.424. The van der Waals surface area contributed by atoms with Crippen molar-refractivity contribution in [2.24, 2.45) is 7.05 Å². The van der Waals surface area contributed by atoms with E-state index in [0.717, 1.165) is 11.1 Å². The molecule has 13 nitrogen and oxygen atoms in total. The van der Waals surface area contributed by atoms with Gasteiger partial charge >= 0.3 is 12.1 Å². The van der Waals surface area contributed by atoms with Gasteiger partial charge in [0, 0.05) is 6.54 Å². The van der Waals surface area contributed by atoms with Crippen LogP contribution in [0.4, 0.5) is 4.79 Å². The van der Waals surface area contributed by atoms with Crippen LogP contribution < -0.4 is 38.7 Å². The molecular formula is C33H41IN4O9. The van der Waals surface area contributed by atoms with Crippen LogP contribution in [0, 0.1) is 0 Å². The predicted molar refractivity (Wildman–Crippen MR) is 164 cm³/mol. The maximum absolute atomic E-state index is 13.1. The Bertz CT molecular complexity index is 1560. The number of aromatic nitrogens is 2. The summed E-state index contributed by atoms with van der Waals surface area (Å²) in [7, 11) is 1.91. The molecule has 4 rings (SSSR count). The van der Waals surface area contributed by atoms with Crippen molar-refractivity contribution < 1.29 is 71.9 Å². The SMILES string of the molecule is C[n+]1cc(-c2cccc(OCC(ON3C(=O)c4ccccc4C3=O)C(=O)OC(C)(C)C)c2)cn1CCCNC(=O)OOC(C)(C)C.[I-]. The number of nitrogens with one attached hydrogen (secondary N) is 1. The fourth-order valence-electron chi connectivity index (χ4n) is 4.39. The third kappa shape index (κ3) is 10.5. The maximum Gasteiger partial charge on any atom is 0.438 e. The molecule has 1 atom stereocenters. The van der Waals surface area contributed by atoms with Gasteiger partial charge in [0.15, 0.2) is 7.05 Å². The second kappa shape index (κ2) is 15.7. The summed E-state index contributed by atoms with van der Waals surface area (Å²) < 4.78 is 15.4. The molecule has 3 aromatic rings. The Kier molecular flexibility index (Phi) is 12.5. The molecule has 0 aliphatic carbocycles. The van der Waals surface area contributed by atoms with Gasteiger partial charge in [0.25, 0.3) is 11.8 Å². The van der Waals surface area contributed by atoms with Gasteiger partial charge in [-0.3, -0.25) is 14.5 Å². The van der Waals surface area contributed by atoms with Crippen LogP contribution >= 0.6 is 0 Å². The number of hydrogen-bond donors (Lipinski definition) is 1. The van der Waals surface area contributed by atoms with Crippen LogP contribution in [0.1, 0.15) is 68.7 Å². The average Bonchev–Trinajstić information content (AvgIpc) is 3.47. The number of halogens is 1. The molecule has 1 aromatic heterocycles. The number of amides is 3. The van der Waals surface area contributed by atoms with Crippen LogP contribution in [0.5, 0.6) is 5.75 Å². The maximum atomic E-state index is 13.1. The topological polar surface area (TPSA) is 139 Å². The van der Waals surface area contributed by atoms with Gasteiger partial charge in [-0.15, -0.1) is 9.75 Å². The van der Waals surface area contributed by atoms with E-state index in [2.05, 4.69) is 5.32 Å². The fourth-order valence-corrected chi connectivity index (χ4v) is 4.39. The molecule has 47 heavy (non-hydrogen) atoms. The van der Waals surface area contributed by atoms with Crippen LogP contribution in [0.2, 0.25) is 0 Å². The number of nitrogens with zero attached hydrogens (tertiary/aromatic N) is 3. The number of ether oxygens (including phenoxy) is 2. The van der Waals surface area contributed by atoms with Crippen LogP contribution in [-0.4, -0.2) is 64.1 Å². The average molecular weight is 765 g/mol. The van der Waals surface area contributed by atoms with Crippen molar-refractivity contribution in [1.29, 1.82) is 0 Å². The van der Waals surface area contributed by atoms with Crippen molar-refractivity contribution in [3.05, 3.63) is 72.1 Å². The summed E-state index contributed by atoms with van der Waals surface area (Å²) in [6, 6.07) is 13.6. The Labute approximate surface area is 290 Å². The van der Waals surface area contributed by atoms with Gasteiger partial charge in [0.2, 0.25) is 12.3 Å². The van der Waals surface area contributed by atoms with Crippen molar-refractivity contribution in [2.45, 2.75) is 71.8 Å². The van der Waals surface area contributed by atoms with E-state index in [4.69, 9.17) is 24.1 Å². The number of aryl methyl sites for hydroxylation is 2. The van der Waals surface area contributed by atoms with Gasteiger partial charge in [-0.1, -0.05) is 24.3 Å². The zero-order chi connectivity index (χ0) is 33.6. The number of carbonyl (C=O) groups is 4. The van der Waals surface area contributed by atoms with Gasteiger partial charge in [0.1, 0.15) is 23.6 Å². The number of hydrogen-bond acceptors (Lipinski definition) is 9. The summed E-state index contributed by atoms with van der Waals surface area (Å²) in [6.45, 7) is 11.1. The number of hydroxylamine groups is 2. The summed E-state index contributed by atoms with van der Waals surface area (Å²) in [6.07, 6.45) is 2.51. The molecule has 0 spiro atoms. The predicted octanol–water partition coefficient (Wildman–Crippen LogP) is 1.15. The number of esters is 1. The minimum absolute atomic E-state index is 0. The number of rotatable bonds is 12. The van der Waals surface area contributed by atoms with E-state index < -0.39 is 41.2 Å². The summed E-state index contributed by atoms with van der Waals surface area (Å²) in [4.78, 5) is 66.0. The lowest BCUT2D eigenvalue weighted by Crippen LogP contribution is -3.00. The zero-order valence-electron chi connectivity index (χ0n) is 27.6. The minimum Gasteiger partial charge on any atom is -1.00 e. The lowest BCUT2D eigenvalue weighted by molar-refractivity contribution is -0.753. The lowest BCUT2D eigenvalue weighted by atomic mass is 10.1. The van der Waals surface area contributed by atoms with E-state index in [-0.39, 0.29) is 41.7 Å². The number of fused-ring (bicyclic) bond motifs is 1. The third-order valence-electron chi connectivity index (χ3n) is 6.45. The van der Waals surface area contributed by atoms with Crippen molar-refractivity contribution in [1.82, 2.24) is 15.1 Å². The second-order valence-electron chi connectivity index (χ2n) is 12.7. The van der Waals surface area contributed by atoms with Gasteiger partial charge in [-0.05, 0) is 77.8 Å². The van der Waals surface area contributed by atoms with E-state index in [1.54, 1.807) is 65.8 Å². The molecule has 254 valence electrons. The third-order valence-corrected chi connectivity index (χ3v) is 6.45. The van der Waals surface area contributed by atoms with Gasteiger partial charge < -0.3 is 38.8 Å². The lowest BCUT2D eigenvalue weighted by Gasteiger charge is -2.26. The Morgan fingerprint density at radius 2 is 1.57 bits per heavy atom. The molecule has 2 heterocycles. The monoisotopic (exact) mass is 764 g/mol. The molecule has 14 heteroatoms. The Balaban J connectivity index is 0.00000600. The number of benzene rings is 2. The van der Waals surface area contributed by atoms with Crippen LogP contribution in [0.25, 0.3) is 11.1 Å². The molecule has 0 saturated carbocycles. The molecule has 1 aliphatic rings. The Morgan fingerprint density at radius 1 is 0.915 bits per heavy atom. The Hall–Kier alpha value is -4.02. The smallest absolute Gasteiger partial charge is 0.438 e. The van der Waals surface area contributed by atoms with Crippen LogP contribution in [0.15, 0.2) is 60.9 Å². The van der Waals surface area contributed by atoms with E-state index >= 15 is 0 Å². The first-order valence-electron chi connectivity index (χ1n) is 14.9. The largest absolute Gasteiger partial charge is 1.00 e. The molecule has 0 bridgehead atoms. The molecule has 0 fully saturated rings. The molecule has 1 aliphatic heterocycles. The summed E-state index contributed by atoms with van der Waals surface area (Å²) in [5.41, 5.74) is 0.697. The van der Waals surface area contributed by atoms with E-state index in [1.807, 2.05) is 40.9 Å². The van der Waals surface area contributed by atoms with Crippen LogP contribution in [-0.2, 0) is 37.7 Å². The molecule has 1 unspecified atom stereocenters. The second-order valence-corrected chi connectivity index (χ2v) is 12.7. The highest BCUT2D eigenvalue weighted by Gasteiger charge is 2.40. The minimum atomic E-state index is -1.41. The first-order valence-corrected chi connectivity index (χ1v) is 14.9. The van der Waals surface area contributed by atoms with E-state index in [9.17, 15) is 19.2 Å². The van der Waals surface area contributed by atoms with Crippen molar-refractivity contribution in [3.8, 4) is 16.9 Å². The molecule has 2 aromatic carbocycles. The molecule has 0 radical (unpaired) electrons. The highest BCUT2D eigenvalue weighted by molar-refractivity contribution is 6.20. The van der Waals surface area contributed by atoms with Gasteiger partial charge in [-0.25, -0.2) is 14.4 Å². The molecule has 3 amide bonds. The summed E-state index contributed by atoms with van der Waals surface area (Å²) in [5, 5.41) is 3.24. The highest BCUT2D eigenvalue weighted by atomic mass is 127. The summed E-state index contributed by atoms with van der Waals surface area (Å²) >= 11 is 0. The molecule has 1 N–H and O–H groups in total. The van der Waals surface area contributed by atoms with Crippen molar-refractivity contribution >= 4 is 23.9 Å². The quantitative estimate of drug-likeness (QED) is 0.0548. The van der Waals surface area contributed by atoms with Crippen molar-refractivity contribution in [3.63, 3.8) is 0 Å². The van der Waals surface area contributed by atoms with Crippen LogP contribution in [0.3, 0.4) is 0 Å². The highest BCUT2D eigenvalue weighted by Crippen LogP contribution is 2.26. The van der Waals surface area contributed by atoms with Gasteiger partial charge in [0.05, 0.1) is 29.4 Å². The summed E-state index contributed by atoms with van der Waals surface area (Å²) in [5.74, 6) is -1.68. The number of imide groups is 1. The first-order chi connectivity index (χ1) is 21.6. The molecular weight excluding hydrogens is 723 g/mol. The standard InChI is InChI=1S/C33H40N4O9.HI/c1-32(2,3)43-30(40)27(44-37-28(38)25-14-8-9-15-26(25)29(37)39)21-42-24-13-10-12-22(18-24)23-19-35(7)36(20-23)17-11-16-34-31(41)45-46-33(4,5)6;/h8-10,12-15,18-20,27H,11,16-17,21H2,1-7H3;1H. The molecule has 0 saturated heterocycles. The first kappa shape index (κ1) is 37.4. The van der Waals surface area contributed by atoms with Gasteiger partial charge in [-0.2, -0.15) is 9.57 Å². The van der Waals surface area contributed by atoms with Crippen molar-refractivity contribution in [2.75, 3.05) is 13.2 Å². The van der Waals surface area contributed by atoms with E-state index in [1.165, 1.54) is 12.1 Å².